The van der Waals surface area contributed by atoms with Gasteiger partial charge in [0.15, 0.2) is 0 Å². The molecule has 5 heteroatoms. The lowest BCUT2D eigenvalue weighted by Gasteiger charge is -2.24. The Labute approximate surface area is 122 Å². The number of hydrazone groups is 1. The first-order valence-electron chi connectivity index (χ1n) is 6.60. The minimum absolute atomic E-state index is 0.114. The number of hydrogen-bond acceptors (Lipinski definition) is 4. The molecule has 0 saturated heterocycles. The minimum atomic E-state index is -0.114. The van der Waals surface area contributed by atoms with Crippen LogP contribution in [0.15, 0.2) is 53.8 Å². The second-order valence-corrected chi connectivity index (χ2v) is 4.60. The number of para-hydroxylation sites is 1. The maximum absolute atomic E-state index is 12.1. The first-order chi connectivity index (χ1) is 10.3. The molecule has 1 aliphatic rings. The fourth-order valence-corrected chi connectivity index (χ4v) is 2.21. The van der Waals surface area contributed by atoms with E-state index in [2.05, 4.69) is 16.2 Å². The summed E-state index contributed by atoms with van der Waals surface area (Å²) in [6, 6.07) is 14.6. The van der Waals surface area contributed by atoms with E-state index in [9.17, 15) is 4.79 Å². The quantitative estimate of drug-likeness (QED) is 0.846. The van der Waals surface area contributed by atoms with Gasteiger partial charge in [-0.2, -0.15) is 15.4 Å². The number of rotatable bonds is 2. The number of amides is 1. The Hall–Kier alpha value is -3.00. The highest BCUT2D eigenvalue weighted by Crippen LogP contribution is 2.24. The molecule has 2 heterocycles. The van der Waals surface area contributed by atoms with Gasteiger partial charge in [-0.05, 0) is 24.3 Å². The Kier molecular flexibility index (Phi) is 3.44. The van der Waals surface area contributed by atoms with Gasteiger partial charge >= 0.3 is 0 Å². The summed E-state index contributed by atoms with van der Waals surface area (Å²) >= 11 is 0. The fraction of sp³-hybridized carbons (Fsp3) is 0.125. The van der Waals surface area contributed by atoms with Crippen LogP contribution in [0.1, 0.15) is 24.1 Å². The Balaban J connectivity index is 2.05. The van der Waals surface area contributed by atoms with Crippen LogP contribution >= 0.6 is 0 Å². The van der Waals surface area contributed by atoms with Gasteiger partial charge in [-0.15, -0.1) is 0 Å². The van der Waals surface area contributed by atoms with Gasteiger partial charge < -0.3 is 0 Å². The van der Waals surface area contributed by atoms with Crippen molar-refractivity contribution in [2.75, 3.05) is 5.01 Å². The zero-order valence-electron chi connectivity index (χ0n) is 11.2. The highest BCUT2D eigenvalue weighted by molar-refractivity contribution is 6.08. The minimum Gasteiger partial charge on any atom is -0.273 e. The maximum Gasteiger partial charge on any atom is 0.247 e. The van der Waals surface area contributed by atoms with Crippen LogP contribution in [-0.4, -0.2) is 16.6 Å². The van der Waals surface area contributed by atoms with Crippen molar-refractivity contribution >= 4 is 17.3 Å². The van der Waals surface area contributed by atoms with E-state index in [1.165, 1.54) is 5.01 Å². The summed E-state index contributed by atoms with van der Waals surface area (Å²) in [5, 5.41) is 14.9. The number of nitriles is 1. The molecule has 1 aromatic carbocycles. The molecule has 3 rings (SSSR count). The zero-order valence-corrected chi connectivity index (χ0v) is 11.2. The van der Waals surface area contributed by atoms with Crippen molar-refractivity contribution in [3.63, 3.8) is 0 Å². The molecule has 0 unspecified atom stereocenters. The summed E-state index contributed by atoms with van der Waals surface area (Å²) in [6.45, 7) is 0. The number of anilines is 1. The second-order valence-electron chi connectivity index (χ2n) is 4.60. The Morgan fingerprint density at radius 1 is 1.10 bits per heavy atom. The molecule has 0 radical (unpaired) electrons. The molecule has 1 amide bonds. The topological polar surface area (TPSA) is 69.3 Å². The molecule has 0 atom stereocenters. The van der Waals surface area contributed by atoms with Gasteiger partial charge in [0.25, 0.3) is 0 Å². The van der Waals surface area contributed by atoms with Crippen LogP contribution in [-0.2, 0) is 4.79 Å². The van der Waals surface area contributed by atoms with Crippen LogP contribution in [0.5, 0.6) is 0 Å². The number of carbonyl (C=O) groups is 1. The summed E-state index contributed by atoms with van der Waals surface area (Å²) in [5.41, 5.74) is 2.45. The molecule has 1 aliphatic heterocycles. The van der Waals surface area contributed by atoms with Crippen LogP contribution < -0.4 is 5.01 Å². The number of nitrogens with zero attached hydrogens (tertiary/aromatic N) is 4. The highest BCUT2D eigenvalue weighted by Gasteiger charge is 2.24. The number of hydrogen-bond donors (Lipinski definition) is 0. The van der Waals surface area contributed by atoms with Crippen LogP contribution in [0.2, 0.25) is 0 Å². The van der Waals surface area contributed by atoms with Crippen molar-refractivity contribution in [2.24, 2.45) is 5.10 Å². The number of carbonyl (C=O) groups excluding carboxylic acids is 1. The average Bonchev–Trinajstić information content (AvgIpc) is 2.56. The summed E-state index contributed by atoms with van der Waals surface area (Å²) in [7, 11) is 0. The van der Waals surface area contributed by atoms with Crippen LogP contribution in [0, 0.1) is 11.3 Å². The first-order valence-corrected chi connectivity index (χ1v) is 6.60. The average molecular weight is 276 g/mol. The SMILES string of the molecule is N#Cc1ccccc1N1N=C(c2ccccn2)CCC1=O. The van der Waals surface area contributed by atoms with Crippen molar-refractivity contribution in [1.29, 1.82) is 5.26 Å². The van der Waals surface area contributed by atoms with Crippen LogP contribution in [0.25, 0.3) is 0 Å². The van der Waals surface area contributed by atoms with Gasteiger partial charge in [0.05, 0.1) is 22.7 Å². The third-order valence-corrected chi connectivity index (χ3v) is 3.25. The van der Waals surface area contributed by atoms with Gasteiger partial charge in [0.1, 0.15) is 6.07 Å². The summed E-state index contributed by atoms with van der Waals surface area (Å²) in [5.74, 6) is -0.114. The first kappa shape index (κ1) is 13.0. The predicted molar refractivity (Wildman–Crippen MR) is 78.7 cm³/mol. The number of aromatic nitrogens is 1. The van der Waals surface area contributed by atoms with Gasteiger partial charge in [-0.1, -0.05) is 18.2 Å². The van der Waals surface area contributed by atoms with Crippen LogP contribution in [0.3, 0.4) is 0 Å². The van der Waals surface area contributed by atoms with Crippen LogP contribution in [0.4, 0.5) is 5.69 Å². The molecule has 21 heavy (non-hydrogen) atoms. The maximum atomic E-state index is 12.1. The van der Waals surface area contributed by atoms with Crippen molar-refractivity contribution in [2.45, 2.75) is 12.8 Å². The van der Waals surface area contributed by atoms with Gasteiger partial charge in [-0.3, -0.25) is 9.78 Å². The van der Waals surface area contributed by atoms with E-state index in [1.807, 2.05) is 18.2 Å². The second kappa shape index (κ2) is 5.55. The summed E-state index contributed by atoms with van der Waals surface area (Å²) in [6.07, 6.45) is 2.61. The Morgan fingerprint density at radius 2 is 1.90 bits per heavy atom. The van der Waals surface area contributed by atoms with Crippen molar-refractivity contribution in [1.82, 2.24) is 4.98 Å². The lowest BCUT2D eigenvalue weighted by atomic mass is 10.1. The van der Waals surface area contributed by atoms with Gasteiger partial charge in [0, 0.05) is 19.0 Å². The third kappa shape index (κ3) is 2.51. The molecule has 0 aliphatic carbocycles. The molecule has 0 spiro atoms. The molecule has 0 saturated carbocycles. The largest absolute Gasteiger partial charge is 0.273 e. The summed E-state index contributed by atoms with van der Waals surface area (Å²) < 4.78 is 0. The highest BCUT2D eigenvalue weighted by atomic mass is 16.2. The zero-order chi connectivity index (χ0) is 14.7. The van der Waals surface area contributed by atoms with Crippen molar-refractivity contribution < 1.29 is 4.79 Å². The normalized spacial score (nSPS) is 14.5. The van der Waals surface area contributed by atoms with E-state index in [4.69, 9.17) is 5.26 Å². The number of benzene rings is 1. The fourth-order valence-electron chi connectivity index (χ4n) is 2.21. The predicted octanol–water partition coefficient (Wildman–Crippen LogP) is 2.48. The van der Waals surface area contributed by atoms with E-state index >= 15 is 0 Å². The molecule has 102 valence electrons. The monoisotopic (exact) mass is 276 g/mol. The Morgan fingerprint density at radius 3 is 2.67 bits per heavy atom. The van der Waals surface area contributed by atoms with E-state index < -0.39 is 0 Å². The smallest absolute Gasteiger partial charge is 0.247 e. The molecule has 0 N–H and O–H groups in total. The molecule has 1 aromatic heterocycles. The molecule has 2 aromatic rings. The lowest BCUT2D eigenvalue weighted by molar-refractivity contribution is -0.118. The molecule has 5 nitrogen and oxygen atoms in total. The van der Waals surface area contributed by atoms with Gasteiger partial charge in [0.2, 0.25) is 5.91 Å². The third-order valence-electron chi connectivity index (χ3n) is 3.25. The standard InChI is InChI=1S/C16H12N4O/c17-11-12-5-1-2-7-15(12)20-16(21)9-8-14(19-20)13-6-3-4-10-18-13/h1-7,10H,8-9H2. The number of pyridine rings is 1. The molecular weight excluding hydrogens is 264 g/mol. The lowest BCUT2D eigenvalue weighted by Crippen LogP contribution is -2.32. The van der Waals surface area contributed by atoms with Crippen molar-refractivity contribution in [3.8, 4) is 6.07 Å². The molecular formula is C16H12N4O. The van der Waals surface area contributed by atoms with E-state index in [1.54, 1.807) is 30.5 Å². The van der Waals surface area contributed by atoms with E-state index in [-0.39, 0.29) is 5.91 Å². The molecule has 0 bridgehead atoms. The Bertz CT molecular complexity index is 746. The summed E-state index contributed by atoms with van der Waals surface area (Å²) in [4.78, 5) is 16.4. The van der Waals surface area contributed by atoms with E-state index in [0.29, 0.717) is 24.1 Å². The molecule has 0 fully saturated rings. The van der Waals surface area contributed by atoms with Crippen molar-refractivity contribution in [3.05, 3.63) is 59.9 Å². The van der Waals surface area contributed by atoms with Gasteiger partial charge in [-0.25, -0.2) is 0 Å². The van der Waals surface area contributed by atoms with E-state index in [0.717, 1.165) is 11.4 Å².